The van der Waals surface area contributed by atoms with Crippen molar-refractivity contribution in [3.8, 4) is 0 Å². The van der Waals surface area contributed by atoms with Crippen LogP contribution >= 0.6 is 0 Å². The number of rotatable bonds is 27. The van der Waals surface area contributed by atoms with Crippen LogP contribution in [-0.4, -0.2) is 47.5 Å². The molecule has 0 bridgehead atoms. The molecule has 0 aliphatic heterocycles. The van der Waals surface area contributed by atoms with Gasteiger partial charge in [0.1, 0.15) is 0 Å². The summed E-state index contributed by atoms with van der Waals surface area (Å²) in [4.78, 5) is 34.5. The third-order valence-corrected chi connectivity index (χ3v) is 7.07. The highest BCUT2D eigenvalue weighted by atomic mass is 16.5. The van der Waals surface area contributed by atoms with Gasteiger partial charge in [-0.05, 0) is 19.3 Å². The van der Waals surface area contributed by atoms with Gasteiger partial charge in [0.2, 0.25) is 5.91 Å². The van der Waals surface area contributed by atoms with Crippen molar-refractivity contribution in [2.24, 2.45) is 0 Å². The predicted molar refractivity (Wildman–Crippen MR) is 164 cm³/mol. The molecule has 1 amide bonds. The number of carboxylic acids is 1. The lowest BCUT2D eigenvalue weighted by molar-refractivity contribution is -0.144. The fraction of sp³-hybridized carbons (Fsp3) is 0.909. The first-order valence-electron chi connectivity index (χ1n) is 16.5. The van der Waals surface area contributed by atoms with Crippen molar-refractivity contribution >= 4 is 17.8 Å². The fourth-order valence-corrected chi connectivity index (χ4v) is 4.43. The first kappa shape index (κ1) is 39.6. The molecule has 0 aromatic carbocycles. The zero-order valence-electron chi connectivity index (χ0n) is 26.4. The summed E-state index contributed by atoms with van der Waals surface area (Å²) in [6.45, 7) is 9.64. The number of aliphatic carboxylic acids is 1. The van der Waals surface area contributed by atoms with Crippen molar-refractivity contribution in [1.29, 1.82) is 0 Å². The smallest absolute Gasteiger partial charge is 0.305 e. The first-order chi connectivity index (χ1) is 18.9. The molecule has 0 atom stereocenters. The lowest BCUT2D eigenvalue weighted by atomic mass is 10.0. The van der Waals surface area contributed by atoms with E-state index >= 15 is 0 Å². The number of nitrogens with zero attached hydrogens (tertiary/aromatic N) is 1. The number of carbonyl (C=O) groups is 3. The minimum atomic E-state index is -0.859. The van der Waals surface area contributed by atoms with Gasteiger partial charge < -0.3 is 14.7 Å². The van der Waals surface area contributed by atoms with Gasteiger partial charge in [0, 0.05) is 26.4 Å². The number of amides is 1. The maximum Gasteiger partial charge on any atom is 0.305 e. The van der Waals surface area contributed by atoms with E-state index in [1.165, 1.54) is 116 Å². The molecule has 0 unspecified atom stereocenters. The summed E-state index contributed by atoms with van der Waals surface area (Å²) in [5, 5.41) is 8.43. The molecule has 6 heteroatoms. The van der Waals surface area contributed by atoms with E-state index in [4.69, 9.17) is 9.84 Å². The molecule has 0 radical (unpaired) electrons. The highest BCUT2D eigenvalue weighted by Crippen LogP contribution is 2.13. The second kappa shape index (κ2) is 32.6. The zero-order chi connectivity index (χ0) is 29.4. The van der Waals surface area contributed by atoms with Crippen LogP contribution in [0.5, 0.6) is 0 Å². The zero-order valence-corrected chi connectivity index (χ0v) is 26.4. The van der Waals surface area contributed by atoms with Gasteiger partial charge in [0.05, 0.1) is 13.0 Å². The molecule has 0 rings (SSSR count). The molecule has 1 N–H and O–H groups in total. The first-order valence-corrected chi connectivity index (χ1v) is 16.5. The lowest BCUT2D eigenvalue weighted by Crippen LogP contribution is -2.31. The van der Waals surface area contributed by atoms with Crippen molar-refractivity contribution in [1.82, 2.24) is 4.90 Å². The number of carbonyl (C=O) groups excluding carboxylic acids is 2. The Morgan fingerprint density at radius 2 is 0.949 bits per heavy atom. The van der Waals surface area contributed by atoms with Gasteiger partial charge in [0.15, 0.2) is 0 Å². The van der Waals surface area contributed by atoms with E-state index in [1.807, 2.05) is 6.92 Å². The Morgan fingerprint density at radius 3 is 1.36 bits per heavy atom. The molecule has 0 spiro atoms. The van der Waals surface area contributed by atoms with Crippen LogP contribution in [0.3, 0.4) is 0 Å². The number of hydrogen-bond donors (Lipinski definition) is 1. The molecule has 0 aromatic heterocycles. The quantitative estimate of drug-likeness (QED) is 0.0806. The second-order valence-corrected chi connectivity index (χ2v) is 11.0. The summed E-state index contributed by atoms with van der Waals surface area (Å²) < 4.78 is 5.32. The van der Waals surface area contributed by atoms with Crippen LogP contribution in [0.1, 0.15) is 175 Å². The topological polar surface area (TPSA) is 83.9 Å². The molecular formula is C33H65NO5. The van der Waals surface area contributed by atoms with Gasteiger partial charge in [-0.25, -0.2) is 0 Å². The molecule has 39 heavy (non-hydrogen) atoms. The van der Waals surface area contributed by atoms with Crippen LogP contribution in [-0.2, 0) is 19.1 Å². The fourth-order valence-electron chi connectivity index (χ4n) is 4.43. The van der Waals surface area contributed by atoms with Crippen molar-refractivity contribution in [2.75, 3.05) is 19.7 Å². The molecule has 0 saturated carbocycles. The summed E-state index contributed by atoms with van der Waals surface area (Å²) in [5.41, 5.74) is 0. The van der Waals surface area contributed by atoms with Crippen LogP contribution < -0.4 is 0 Å². The van der Waals surface area contributed by atoms with Crippen LogP contribution in [0.25, 0.3) is 0 Å². The predicted octanol–water partition coefficient (Wildman–Crippen LogP) is 9.48. The van der Waals surface area contributed by atoms with Crippen molar-refractivity contribution in [2.45, 2.75) is 175 Å². The van der Waals surface area contributed by atoms with E-state index < -0.39 is 5.97 Å². The normalized spacial score (nSPS) is 10.6. The third-order valence-electron chi connectivity index (χ3n) is 7.07. The number of unbranched alkanes of at least 4 members (excludes halogenated alkanes) is 18. The Balaban J connectivity index is 0. The minimum absolute atomic E-state index is 0.0154. The Morgan fingerprint density at radius 1 is 0.538 bits per heavy atom. The van der Waals surface area contributed by atoms with Crippen LogP contribution in [0, 0.1) is 0 Å². The highest BCUT2D eigenvalue weighted by Gasteiger charge is 2.09. The number of hydrogen-bond acceptors (Lipinski definition) is 4. The standard InChI is InChI=1S/C24H48O2.C9H17NO3/c1-3-5-7-9-11-12-13-14-15-16-17-18-20-22-24(25)26-23-21-19-10-8-6-4-2;1-3-4-6-10(8(2)11)7-5-9(12)13/h3-23H2,1-2H3;3-7H2,1-2H3,(H,12,13). The Labute approximate surface area is 242 Å². The number of ether oxygens (including phenoxy) is 1. The molecule has 0 fully saturated rings. The molecule has 6 nitrogen and oxygen atoms in total. The monoisotopic (exact) mass is 555 g/mol. The Hall–Kier alpha value is -1.59. The van der Waals surface area contributed by atoms with Crippen molar-refractivity contribution < 1.29 is 24.2 Å². The molecule has 0 aromatic rings. The van der Waals surface area contributed by atoms with Crippen LogP contribution in [0.15, 0.2) is 0 Å². The average Bonchev–Trinajstić information content (AvgIpc) is 2.91. The lowest BCUT2D eigenvalue weighted by Gasteiger charge is -2.19. The SMILES string of the molecule is CCCCCCCCCCCCCCCC(=O)OCCCCCCCC.CCCCN(CCC(=O)O)C(C)=O. The summed E-state index contributed by atoms with van der Waals surface area (Å²) in [5.74, 6) is -0.890. The Kier molecular flexibility index (Phi) is 33.1. The van der Waals surface area contributed by atoms with Gasteiger partial charge >= 0.3 is 11.9 Å². The molecule has 232 valence electrons. The van der Waals surface area contributed by atoms with E-state index in [1.54, 1.807) is 4.90 Å². The maximum absolute atomic E-state index is 11.7. The van der Waals surface area contributed by atoms with Crippen molar-refractivity contribution in [3.05, 3.63) is 0 Å². The second-order valence-electron chi connectivity index (χ2n) is 11.0. The molecule has 0 heterocycles. The van der Waals surface area contributed by atoms with Crippen molar-refractivity contribution in [3.63, 3.8) is 0 Å². The average molecular weight is 556 g/mol. The van der Waals surface area contributed by atoms with Gasteiger partial charge in [-0.2, -0.15) is 0 Å². The summed E-state index contributed by atoms with van der Waals surface area (Å²) in [6.07, 6.45) is 27.5. The molecule has 0 saturated heterocycles. The van der Waals surface area contributed by atoms with Gasteiger partial charge in [0.25, 0.3) is 0 Å². The molecule has 0 aliphatic carbocycles. The summed E-state index contributed by atoms with van der Waals surface area (Å²) in [7, 11) is 0. The van der Waals surface area contributed by atoms with E-state index in [0.717, 1.165) is 25.7 Å². The molecular weight excluding hydrogens is 490 g/mol. The molecule has 0 aliphatic rings. The van der Waals surface area contributed by atoms with Gasteiger partial charge in [-0.1, -0.05) is 136 Å². The minimum Gasteiger partial charge on any atom is -0.481 e. The number of carboxylic acid groups (broad SMARTS) is 1. The largest absolute Gasteiger partial charge is 0.481 e. The summed E-state index contributed by atoms with van der Waals surface area (Å²) in [6, 6.07) is 0. The Bertz CT molecular complexity index is 552. The van der Waals surface area contributed by atoms with Gasteiger partial charge in [-0.15, -0.1) is 0 Å². The summed E-state index contributed by atoms with van der Waals surface area (Å²) >= 11 is 0. The third kappa shape index (κ3) is 34.4. The van der Waals surface area contributed by atoms with E-state index in [-0.39, 0.29) is 18.3 Å². The van der Waals surface area contributed by atoms with E-state index in [2.05, 4.69) is 13.8 Å². The van der Waals surface area contributed by atoms with Gasteiger partial charge in [-0.3, -0.25) is 14.4 Å². The highest BCUT2D eigenvalue weighted by molar-refractivity contribution is 5.74. The van der Waals surface area contributed by atoms with E-state index in [0.29, 0.717) is 26.1 Å². The maximum atomic E-state index is 11.7. The number of esters is 1. The van der Waals surface area contributed by atoms with E-state index in [9.17, 15) is 14.4 Å². The van der Waals surface area contributed by atoms with Crippen LogP contribution in [0.2, 0.25) is 0 Å². The van der Waals surface area contributed by atoms with Crippen LogP contribution in [0.4, 0.5) is 0 Å².